The highest BCUT2D eigenvalue weighted by Gasteiger charge is 2.34. The SMILES string of the molecule is C[C@@]1(c2cc(NC(=O)c3ccc(C#N)cn3)ccc2F)CCOC(N)N1. The first-order valence-electron chi connectivity index (χ1n) is 8.04. The number of hydrogen-bond acceptors (Lipinski definition) is 6. The molecule has 1 aromatic heterocycles. The Morgan fingerprint density at radius 1 is 1.50 bits per heavy atom. The Morgan fingerprint density at radius 2 is 2.31 bits per heavy atom. The van der Waals surface area contributed by atoms with Gasteiger partial charge in [0, 0.05) is 23.0 Å². The fraction of sp³-hybridized carbons (Fsp3) is 0.278. The number of nitrogens with zero attached hydrogens (tertiary/aromatic N) is 2. The number of halogens is 1. The molecule has 0 spiro atoms. The zero-order valence-corrected chi connectivity index (χ0v) is 14.1. The minimum Gasteiger partial charge on any atom is -0.350 e. The van der Waals surface area contributed by atoms with Gasteiger partial charge in [-0.2, -0.15) is 5.26 Å². The molecule has 8 heteroatoms. The number of carbonyl (C=O) groups is 1. The van der Waals surface area contributed by atoms with Crippen LogP contribution in [-0.4, -0.2) is 23.8 Å². The van der Waals surface area contributed by atoms with Crippen molar-refractivity contribution in [1.29, 1.82) is 5.26 Å². The summed E-state index contributed by atoms with van der Waals surface area (Å²) in [6, 6.07) is 9.24. The second kappa shape index (κ2) is 7.17. The summed E-state index contributed by atoms with van der Waals surface area (Å²) in [5, 5.41) is 14.5. The van der Waals surface area contributed by atoms with Crippen LogP contribution >= 0.6 is 0 Å². The van der Waals surface area contributed by atoms with Crippen molar-refractivity contribution in [2.45, 2.75) is 25.2 Å². The quantitative estimate of drug-likeness (QED) is 0.774. The number of nitrogens with one attached hydrogen (secondary N) is 2. The number of nitrogens with two attached hydrogens (primary N) is 1. The highest BCUT2D eigenvalue weighted by molar-refractivity contribution is 6.02. The molecule has 134 valence electrons. The Balaban J connectivity index is 1.83. The molecule has 0 saturated carbocycles. The fourth-order valence-electron chi connectivity index (χ4n) is 2.85. The molecule has 0 aliphatic carbocycles. The lowest BCUT2D eigenvalue weighted by Crippen LogP contribution is -2.56. The molecular weight excluding hydrogens is 337 g/mol. The standard InChI is InChI=1S/C18H18FN5O2/c1-18(6-7-26-17(21)24-18)13-8-12(3-4-14(13)19)23-16(25)15-5-2-11(9-20)10-22-15/h2-5,8,10,17,24H,6-7,21H2,1H3,(H,23,25)/t17?,18-/m0/s1. The van der Waals surface area contributed by atoms with Gasteiger partial charge >= 0.3 is 0 Å². The van der Waals surface area contributed by atoms with Crippen LogP contribution in [0.25, 0.3) is 0 Å². The third-order valence-electron chi connectivity index (χ3n) is 4.30. The Morgan fingerprint density at radius 3 is 2.96 bits per heavy atom. The van der Waals surface area contributed by atoms with E-state index in [2.05, 4.69) is 15.6 Å². The summed E-state index contributed by atoms with van der Waals surface area (Å²) in [7, 11) is 0. The highest BCUT2D eigenvalue weighted by Crippen LogP contribution is 2.31. The van der Waals surface area contributed by atoms with E-state index in [4.69, 9.17) is 15.7 Å². The molecule has 1 aliphatic rings. The van der Waals surface area contributed by atoms with E-state index in [-0.39, 0.29) is 5.69 Å². The predicted molar refractivity (Wildman–Crippen MR) is 92.3 cm³/mol. The maximum atomic E-state index is 14.4. The number of aromatic nitrogens is 1. The monoisotopic (exact) mass is 355 g/mol. The zero-order chi connectivity index (χ0) is 18.7. The summed E-state index contributed by atoms with van der Waals surface area (Å²) in [5.41, 5.74) is 6.39. The van der Waals surface area contributed by atoms with Gasteiger partial charge in [0.2, 0.25) is 0 Å². The van der Waals surface area contributed by atoms with Gasteiger partial charge in [0.25, 0.3) is 5.91 Å². The second-order valence-corrected chi connectivity index (χ2v) is 6.21. The maximum absolute atomic E-state index is 14.4. The number of amides is 1. The molecule has 4 N–H and O–H groups in total. The first-order chi connectivity index (χ1) is 12.4. The molecular formula is C18H18FN5O2. The maximum Gasteiger partial charge on any atom is 0.274 e. The summed E-state index contributed by atoms with van der Waals surface area (Å²) < 4.78 is 19.6. The number of nitriles is 1. The van der Waals surface area contributed by atoms with Gasteiger partial charge in [-0.15, -0.1) is 0 Å². The molecule has 2 aromatic rings. The molecule has 2 atom stereocenters. The van der Waals surface area contributed by atoms with Gasteiger partial charge in [-0.1, -0.05) is 0 Å². The fourth-order valence-corrected chi connectivity index (χ4v) is 2.85. The summed E-state index contributed by atoms with van der Waals surface area (Å²) in [6.07, 6.45) is 1.17. The van der Waals surface area contributed by atoms with E-state index in [0.29, 0.717) is 29.8 Å². The van der Waals surface area contributed by atoms with Crippen LogP contribution in [-0.2, 0) is 10.3 Å². The molecule has 3 rings (SSSR count). The smallest absolute Gasteiger partial charge is 0.274 e. The van der Waals surface area contributed by atoms with Gasteiger partial charge < -0.3 is 10.1 Å². The summed E-state index contributed by atoms with van der Waals surface area (Å²) >= 11 is 0. The van der Waals surface area contributed by atoms with Crippen LogP contribution in [0.2, 0.25) is 0 Å². The molecule has 26 heavy (non-hydrogen) atoms. The minimum atomic E-state index is -0.713. The molecule has 2 heterocycles. The lowest BCUT2D eigenvalue weighted by Gasteiger charge is -2.39. The van der Waals surface area contributed by atoms with Gasteiger partial charge in [0.1, 0.15) is 17.6 Å². The number of rotatable bonds is 3. The van der Waals surface area contributed by atoms with Crippen molar-refractivity contribution in [3.05, 3.63) is 59.2 Å². The van der Waals surface area contributed by atoms with Crippen molar-refractivity contribution in [2.75, 3.05) is 11.9 Å². The van der Waals surface area contributed by atoms with E-state index in [1.54, 1.807) is 6.07 Å². The molecule has 1 unspecified atom stereocenters. The van der Waals surface area contributed by atoms with Gasteiger partial charge in [-0.3, -0.25) is 15.8 Å². The van der Waals surface area contributed by atoms with Crippen LogP contribution < -0.4 is 16.4 Å². The van der Waals surface area contributed by atoms with Gasteiger partial charge in [0.15, 0.2) is 6.35 Å². The molecule has 0 bridgehead atoms. The van der Waals surface area contributed by atoms with Crippen molar-refractivity contribution in [3.8, 4) is 6.07 Å². The number of carbonyl (C=O) groups excluding carboxylic acids is 1. The van der Waals surface area contributed by atoms with Crippen LogP contribution in [0.1, 0.15) is 35.0 Å². The number of anilines is 1. The average molecular weight is 355 g/mol. The number of pyridine rings is 1. The summed E-state index contributed by atoms with van der Waals surface area (Å²) in [6.45, 7) is 2.23. The lowest BCUT2D eigenvalue weighted by molar-refractivity contribution is -0.0422. The van der Waals surface area contributed by atoms with Crippen LogP contribution in [0.5, 0.6) is 0 Å². The molecule has 7 nitrogen and oxygen atoms in total. The van der Waals surface area contributed by atoms with Crippen LogP contribution in [0.3, 0.4) is 0 Å². The Labute approximate surface area is 150 Å². The van der Waals surface area contributed by atoms with Crippen molar-refractivity contribution >= 4 is 11.6 Å². The molecule has 0 radical (unpaired) electrons. The molecule has 1 aromatic carbocycles. The zero-order valence-electron chi connectivity index (χ0n) is 14.1. The Kier molecular flexibility index (Phi) is 4.95. The first kappa shape index (κ1) is 17.9. The van der Waals surface area contributed by atoms with E-state index >= 15 is 0 Å². The lowest BCUT2D eigenvalue weighted by atomic mass is 9.87. The molecule has 1 saturated heterocycles. The first-order valence-corrected chi connectivity index (χ1v) is 8.04. The second-order valence-electron chi connectivity index (χ2n) is 6.21. The average Bonchev–Trinajstić information content (AvgIpc) is 2.63. The minimum absolute atomic E-state index is 0.160. The molecule has 1 amide bonds. The predicted octanol–water partition coefficient (Wildman–Crippen LogP) is 1.81. The van der Waals surface area contributed by atoms with Crippen molar-refractivity contribution in [3.63, 3.8) is 0 Å². The van der Waals surface area contributed by atoms with Gasteiger partial charge in [0.05, 0.1) is 12.2 Å². The number of hydrogen-bond donors (Lipinski definition) is 3. The summed E-state index contributed by atoms with van der Waals surface area (Å²) in [5.74, 6) is -0.850. The van der Waals surface area contributed by atoms with E-state index in [0.717, 1.165) is 0 Å². The third kappa shape index (κ3) is 3.70. The van der Waals surface area contributed by atoms with Crippen molar-refractivity contribution in [2.24, 2.45) is 5.73 Å². The van der Waals surface area contributed by atoms with Crippen LogP contribution in [0.4, 0.5) is 10.1 Å². The van der Waals surface area contributed by atoms with E-state index < -0.39 is 23.6 Å². The van der Waals surface area contributed by atoms with E-state index in [1.807, 2.05) is 13.0 Å². The number of benzene rings is 1. The highest BCUT2D eigenvalue weighted by atomic mass is 19.1. The molecule has 1 fully saturated rings. The van der Waals surface area contributed by atoms with Crippen molar-refractivity contribution < 1.29 is 13.9 Å². The largest absolute Gasteiger partial charge is 0.350 e. The van der Waals surface area contributed by atoms with Crippen LogP contribution in [0, 0.1) is 17.1 Å². The Hall–Kier alpha value is -2.86. The van der Waals surface area contributed by atoms with E-state index in [9.17, 15) is 9.18 Å². The van der Waals surface area contributed by atoms with Gasteiger partial charge in [-0.05, 0) is 43.7 Å². The Bertz CT molecular complexity index is 865. The van der Waals surface area contributed by atoms with Crippen molar-refractivity contribution in [1.82, 2.24) is 10.3 Å². The third-order valence-corrected chi connectivity index (χ3v) is 4.30. The normalized spacial score (nSPS) is 22.5. The summed E-state index contributed by atoms with van der Waals surface area (Å²) in [4.78, 5) is 16.3. The molecule has 1 aliphatic heterocycles. The van der Waals surface area contributed by atoms with E-state index in [1.165, 1.54) is 30.5 Å². The number of ether oxygens (including phenoxy) is 1. The topological polar surface area (TPSA) is 113 Å². The van der Waals surface area contributed by atoms with Gasteiger partial charge in [-0.25, -0.2) is 9.37 Å². The van der Waals surface area contributed by atoms with Crippen LogP contribution in [0.15, 0.2) is 36.5 Å².